The second kappa shape index (κ2) is 7.65. The number of aryl methyl sites for hydroxylation is 1. The average molecular weight is 350 g/mol. The standard InChI is InChI=1S/C20H18N2O4/c23-18-11-12-22(17-4-2-1-3-16(17)18)13-19(24)21-15-8-5-14(6-9-15)7-10-20(25)26/h1-6,8-9,11-12H,7,10,13H2,(H,21,24)(H,25,26). The number of anilines is 1. The molecule has 132 valence electrons. The van der Waals surface area contributed by atoms with Crippen molar-refractivity contribution in [2.75, 3.05) is 5.32 Å². The van der Waals surface area contributed by atoms with Gasteiger partial charge in [0.1, 0.15) is 6.54 Å². The number of rotatable bonds is 6. The van der Waals surface area contributed by atoms with E-state index in [1.807, 2.05) is 6.07 Å². The van der Waals surface area contributed by atoms with Crippen LogP contribution < -0.4 is 10.7 Å². The molecule has 6 heteroatoms. The minimum absolute atomic E-state index is 0.0745. The number of aromatic nitrogens is 1. The van der Waals surface area contributed by atoms with Crippen molar-refractivity contribution >= 4 is 28.5 Å². The van der Waals surface area contributed by atoms with Crippen LogP contribution in [0.3, 0.4) is 0 Å². The van der Waals surface area contributed by atoms with Crippen LogP contribution in [0, 0.1) is 0 Å². The number of carboxylic acid groups (broad SMARTS) is 1. The number of benzene rings is 2. The summed E-state index contributed by atoms with van der Waals surface area (Å²) in [6, 6.07) is 15.7. The molecule has 0 fully saturated rings. The van der Waals surface area contributed by atoms with Gasteiger partial charge >= 0.3 is 5.97 Å². The van der Waals surface area contributed by atoms with Gasteiger partial charge in [0.2, 0.25) is 5.91 Å². The van der Waals surface area contributed by atoms with Crippen LogP contribution in [0.25, 0.3) is 10.9 Å². The average Bonchev–Trinajstić information content (AvgIpc) is 2.64. The summed E-state index contributed by atoms with van der Waals surface area (Å²) in [5.74, 6) is -1.05. The molecule has 2 aromatic carbocycles. The van der Waals surface area contributed by atoms with E-state index in [0.29, 0.717) is 23.0 Å². The highest BCUT2D eigenvalue weighted by molar-refractivity contribution is 5.91. The zero-order chi connectivity index (χ0) is 18.5. The molecule has 3 rings (SSSR count). The number of para-hydroxylation sites is 1. The van der Waals surface area contributed by atoms with Gasteiger partial charge in [-0.05, 0) is 36.2 Å². The highest BCUT2D eigenvalue weighted by atomic mass is 16.4. The summed E-state index contributed by atoms with van der Waals surface area (Å²) in [5.41, 5.74) is 2.17. The van der Waals surface area contributed by atoms with Crippen molar-refractivity contribution in [1.29, 1.82) is 0 Å². The number of carbonyl (C=O) groups is 2. The molecule has 0 bridgehead atoms. The first-order chi connectivity index (χ1) is 12.5. The zero-order valence-corrected chi connectivity index (χ0v) is 14.0. The van der Waals surface area contributed by atoms with E-state index in [1.54, 1.807) is 53.2 Å². The van der Waals surface area contributed by atoms with Crippen molar-refractivity contribution in [3.63, 3.8) is 0 Å². The fraction of sp³-hybridized carbons (Fsp3) is 0.150. The van der Waals surface area contributed by atoms with Crippen molar-refractivity contribution < 1.29 is 14.7 Å². The predicted molar refractivity (Wildman–Crippen MR) is 99.2 cm³/mol. The first-order valence-corrected chi connectivity index (χ1v) is 8.22. The van der Waals surface area contributed by atoms with Gasteiger partial charge in [-0.15, -0.1) is 0 Å². The maximum Gasteiger partial charge on any atom is 0.303 e. The Bertz CT molecular complexity index is 1010. The van der Waals surface area contributed by atoms with Gasteiger partial charge in [0.25, 0.3) is 0 Å². The van der Waals surface area contributed by atoms with Gasteiger partial charge in [0.05, 0.1) is 5.52 Å². The summed E-state index contributed by atoms with van der Waals surface area (Å²) >= 11 is 0. The topological polar surface area (TPSA) is 88.4 Å². The molecule has 1 aromatic heterocycles. The number of amides is 1. The molecule has 0 saturated carbocycles. The van der Waals surface area contributed by atoms with Crippen LogP contribution in [0.2, 0.25) is 0 Å². The van der Waals surface area contributed by atoms with Gasteiger partial charge in [0, 0.05) is 29.8 Å². The Morgan fingerprint density at radius 3 is 2.46 bits per heavy atom. The lowest BCUT2D eigenvalue weighted by molar-refractivity contribution is -0.137. The van der Waals surface area contributed by atoms with Crippen LogP contribution in [-0.4, -0.2) is 21.6 Å². The van der Waals surface area contributed by atoms with Gasteiger partial charge in [-0.3, -0.25) is 14.4 Å². The third-order valence-electron chi connectivity index (χ3n) is 4.06. The molecule has 0 saturated heterocycles. The molecule has 3 aromatic rings. The van der Waals surface area contributed by atoms with E-state index in [9.17, 15) is 14.4 Å². The number of fused-ring (bicyclic) bond motifs is 1. The molecular weight excluding hydrogens is 332 g/mol. The van der Waals surface area contributed by atoms with Crippen LogP contribution >= 0.6 is 0 Å². The number of hydrogen-bond acceptors (Lipinski definition) is 3. The number of aliphatic carboxylic acids is 1. The number of nitrogens with one attached hydrogen (secondary N) is 1. The second-order valence-corrected chi connectivity index (χ2v) is 5.96. The molecule has 0 radical (unpaired) electrons. The number of pyridine rings is 1. The van der Waals surface area contributed by atoms with Crippen molar-refractivity contribution in [3.8, 4) is 0 Å². The minimum atomic E-state index is -0.837. The Balaban J connectivity index is 1.69. The van der Waals surface area contributed by atoms with E-state index in [-0.39, 0.29) is 24.3 Å². The largest absolute Gasteiger partial charge is 0.481 e. The van der Waals surface area contributed by atoms with E-state index in [4.69, 9.17) is 5.11 Å². The highest BCUT2D eigenvalue weighted by Gasteiger charge is 2.07. The normalized spacial score (nSPS) is 10.6. The van der Waals surface area contributed by atoms with E-state index in [1.165, 1.54) is 6.07 Å². The van der Waals surface area contributed by atoms with Crippen LogP contribution in [0.15, 0.2) is 65.6 Å². The SMILES string of the molecule is O=C(O)CCc1ccc(NC(=O)Cn2ccc(=O)c3ccccc32)cc1. The molecule has 2 N–H and O–H groups in total. The molecule has 0 aliphatic carbocycles. The summed E-state index contributed by atoms with van der Waals surface area (Å²) in [4.78, 5) is 34.8. The lowest BCUT2D eigenvalue weighted by atomic mass is 10.1. The fourth-order valence-corrected chi connectivity index (χ4v) is 2.76. The van der Waals surface area contributed by atoms with Crippen LogP contribution in [-0.2, 0) is 22.6 Å². The number of carbonyl (C=O) groups excluding carboxylic acids is 1. The minimum Gasteiger partial charge on any atom is -0.481 e. The van der Waals surface area contributed by atoms with Gasteiger partial charge < -0.3 is 15.0 Å². The monoisotopic (exact) mass is 350 g/mol. The molecule has 0 aliphatic heterocycles. The van der Waals surface area contributed by atoms with Crippen molar-refractivity contribution in [1.82, 2.24) is 4.57 Å². The van der Waals surface area contributed by atoms with E-state index >= 15 is 0 Å². The van der Waals surface area contributed by atoms with Gasteiger partial charge in [-0.2, -0.15) is 0 Å². The Morgan fingerprint density at radius 1 is 1.00 bits per heavy atom. The molecule has 0 unspecified atom stereocenters. The summed E-state index contributed by atoms with van der Waals surface area (Å²) in [6.07, 6.45) is 2.14. The summed E-state index contributed by atoms with van der Waals surface area (Å²) in [6.45, 7) is 0.0849. The molecular formula is C20H18N2O4. The number of carboxylic acids is 1. The lowest BCUT2D eigenvalue weighted by Gasteiger charge is -2.11. The quantitative estimate of drug-likeness (QED) is 0.715. The molecule has 0 aliphatic rings. The molecule has 1 heterocycles. The third-order valence-corrected chi connectivity index (χ3v) is 4.06. The van der Waals surface area contributed by atoms with Crippen LogP contribution in [0.4, 0.5) is 5.69 Å². The van der Waals surface area contributed by atoms with Crippen LogP contribution in [0.1, 0.15) is 12.0 Å². The van der Waals surface area contributed by atoms with Gasteiger partial charge in [0.15, 0.2) is 5.43 Å². The van der Waals surface area contributed by atoms with Crippen molar-refractivity contribution in [2.24, 2.45) is 0 Å². The number of nitrogens with zero attached hydrogens (tertiary/aromatic N) is 1. The summed E-state index contributed by atoms with van der Waals surface area (Å²) in [5, 5.41) is 12.1. The molecule has 0 spiro atoms. The predicted octanol–water partition coefficient (Wildman–Crippen LogP) is 2.66. The van der Waals surface area contributed by atoms with Crippen molar-refractivity contribution in [3.05, 3.63) is 76.6 Å². The zero-order valence-electron chi connectivity index (χ0n) is 14.0. The highest BCUT2D eigenvalue weighted by Crippen LogP contribution is 2.13. The Morgan fingerprint density at radius 2 is 1.73 bits per heavy atom. The lowest BCUT2D eigenvalue weighted by Crippen LogP contribution is -2.20. The molecule has 0 atom stereocenters. The molecule has 1 amide bonds. The van der Waals surface area contributed by atoms with Crippen molar-refractivity contribution in [2.45, 2.75) is 19.4 Å². The van der Waals surface area contributed by atoms with E-state index in [2.05, 4.69) is 5.32 Å². The Kier molecular flexibility index (Phi) is 5.12. The summed E-state index contributed by atoms with van der Waals surface area (Å²) in [7, 11) is 0. The Labute approximate surface area is 149 Å². The van der Waals surface area contributed by atoms with E-state index < -0.39 is 5.97 Å². The van der Waals surface area contributed by atoms with Crippen LogP contribution in [0.5, 0.6) is 0 Å². The van der Waals surface area contributed by atoms with Gasteiger partial charge in [-0.25, -0.2) is 0 Å². The number of hydrogen-bond donors (Lipinski definition) is 2. The summed E-state index contributed by atoms with van der Waals surface area (Å²) < 4.78 is 1.73. The fourth-order valence-electron chi connectivity index (χ4n) is 2.76. The maximum atomic E-state index is 12.3. The molecule has 26 heavy (non-hydrogen) atoms. The van der Waals surface area contributed by atoms with E-state index in [0.717, 1.165) is 5.56 Å². The second-order valence-electron chi connectivity index (χ2n) is 5.96. The molecule has 6 nitrogen and oxygen atoms in total. The third kappa shape index (κ3) is 4.16. The first kappa shape index (κ1) is 17.4. The van der Waals surface area contributed by atoms with Gasteiger partial charge in [-0.1, -0.05) is 24.3 Å². The smallest absolute Gasteiger partial charge is 0.303 e. The first-order valence-electron chi connectivity index (χ1n) is 8.22. The Hall–Kier alpha value is -3.41. The maximum absolute atomic E-state index is 12.3.